The predicted octanol–water partition coefficient (Wildman–Crippen LogP) is 2.22. The van der Waals surface area contributed by atoms with Crippen LogP contribution in [-0.4, -0.2) is 52.7 Å². The summed E-state index contributed by atoms with van der Waals surface area (Å²) in [5.41, 5.74) is 0.347. The lowest BCUT2D eigenvalue weighted by Gasteiger charge is -2.33. The molecule has 1 aromatic rings. The Bertz CT molecular complexity index is 608. The highest BCUT2D eigenvalue weighted by atomic mass is 35.5. The quantitative estimate of drug-likeness (QED) is 0.848. The third kappa shape index (κ3) is 3.78. The number of imidazole rings is 1. The normalized spacial score (nSPS) is 27.0. The third-order valence-electron chi connectivity index (χ3n) is 6.37. The van der Waals surface area contributed by atoms with Gasteiger partial charge in [0, 0.05) is 31.6 Å². The number of ether oxygens (including phenoxy) is 1. The topological polar surface area (TPSA) is 59.4 Å². The summed E-state index contributed by atoms with van der Waals surface area (Å²) in [4.78, 5) is 20.0. The molecule has 1 aromatic heterocycles. The molecule has 1 aliphatic carbocycles. The summed E-state index contributed by atoms with van der Waals surface area (Å²) in [5, 5.41) is 3.46. The van der Waals surface area contributed by atoms with Gasteiger partial charge in [-0.15, -0.1) is 12.4 Å². The number of piperidine rings is 1. The molecule has 4 rings (SSSR count). The van der Waals surface area contributed by atoms with Gasteiger partial charge in [0.05, 0.1) is 19.1 Å². The number of carbonyl (C=O) groups is 1. The number of hydrogen-bond donors (Lipinski definition) is 1. The van der Waals surface area contributed by atoms with Crippen LogP contribution in [0.2, 0.25) is 0 Å². The van der Waals surface area contributed by atoms with Gasteiger partial charge in [0.2, 0.25) is 5.91 Å². The van der Waals surface area contributed by atoms with Crippen LogP contribution < -0.4 is 5.32 Å². The summed E-state index contributed by atoms with van der Waals surface area (Å²) >= 11 is 0. The summed E-state index contributed by atoms with van der Waals surface area (Å²) in [7, 11) is 0. The smallest absolute Gasteiger partial charge is 0.228 e. The minimum absolute atomic E-state index is 0. The van der Waals surface area contributed by atoms with E-state index < -0.39 is 0 Å². The molecule has 3 aliphatic rings. The summed E-state index contributed by atoms with van der Waals surface area (Å²) < 4.78 is 7.74. The van der Waals surface area contributed by atoms with Crippen LogP contribution >= 0.6 is 12.4 Å². The molecule has 0 radical (unpaired) electrons. The van der Waals surface area contributed by atoms with Gasteiger partial charge in [-0.3, -0.25) is 4.79 Å². The molecule has 2 atom stereocenters. The molecule has 0 aromatic carbocycles. The van der Waals surface area contributed by atoms with Gasteiger partial charge in [-0.25, -0.2) is 4.98 Å². The Kier molecular flexibility index (Phi) is 6.25. The second-order valence-electron chi connectivity index (χ2n) is 7.84. The number of amides is 1. The SMILES string of the molecule is CCn1ccnc1CN(C(=O)C1CCCOC1)C1CC12CCNCC2.Cl. The Labute approximate surface area is 162 Å². The third-order valence-corrected chi connectivity index (χ3v) is 6.37. The van der Waals surface area contributed by atoms with Crippen molar-refractivity contribution in [2.75, 3.05) is 26.3 Å². The van der Waals surface area contributed by atoms with E-state index >= 15 is 0 Å². The van der Waals surface area contributed by atoms with Gasteiger partial charge in [0.25, 0.3) is 0 Å². The van der Waals surface area contributed by atoms with Gasteiger partial charge < -0.3 is 19.5 Å². The molecule has 6 nitrogen and oxygen atoms in total. The maximum absolute atomic E-state index is 13.3. The van der Waals surface area contributed by atoms with E-state index in [1.54, 1.807) is 0 Å². The molecule has 1 N–H and O–H groups in total. The zero-order chi connectivity index (χ0) is 17.3. The first kappa shape index (κ1) is 19.6. The Morgan fingerprint density at radius 3 is 2.96 bits per heavy atom. The fourth-order valence-electron chi connectivity index (χ4n) is 4.67. The van der Waals surface area contributed by atoms with Crippen LogP contribution in [0.1, 0.15) is 44.9 Å². The Balaban J connectivity index is 0.00000196. The first-order chi connectivity index (χ1) is 12.2. The summed E-state index contributed by atoms with van der Waals surface area (Å²) in [6.07, 6.45) is 9.33. The minimum Gasteiger partial charge on any atom is -0.381 e. The Morgan fingerprint density at radius 1 is 1.46 bits per heavy atom. The van der Waals surface area contributed by atoms with Crippen molar-refractivity contribution in [2.24, 2.45) is 11.3 Å². The van der Waals surface area contributed by atoms with E-state index in [1.165, 1.54) is 12.8 Å². The number of hydrogen-bond acceptors (Lipinski definition) is 4. The lowest BCUT2D eigenvalue weighted by Crippen LogP contribution is -2.44. The molecular formula is C19H31ClN4O2. The first-order valence-electron chi connectivity index (χ1n) is 9.82. The number of carbonyl (C=O) groups excluding carboxylic acids is 1. The number of aromatic nitrogens is 2. The molecule has 3 heterocycles. The fourth-order valence-corrected chi connectivity index (χ4v) is 4.67. The molecular weight excluding hydrogens is 352 g/mol. The maximum atomic E-state index is 13.3. The van der Waals surface area contributed by atoms with Crippen molar-refractivity contribution >= 4 is 18.3 Å². The van der Waals surface area contributed by atoms with Crippen LogP contribution in [0.25, 0.3) is 0 Å². The van der Waals surface area contributed by atoms with Crippen LogP contribution in [0, 0.1) is 11.3 Å². The van der Waals surface area contributed by atoms with Gasteiger partial charge in [-0.1, -0.05) is 0 Å². The van der Waals surface area contributed by atoms with Crippen LogP contribution in [0.5, 0.6) is 0 Å². The van der Waals surface area contributed by atoms with Crippen molar-refractivity contribution in [1.82, 2.24) is 19.8 Å². The van der Waals surface area contributed by atoms with E-state index in [1.807, 2.05) is 12.4 Å². The largest absolute Gasteiger partial charge is 0.381 e. The van der Waals surface area contributed by atoms with E-state index in [0.29, 0.717) is 24.6 Å². The van der Waals surface area contributed by atoms with Gasteiger partial charge in [-0.2, -0.15) is 0 Å². The molecule has 146 valence electrons. The van der Waals surface area contributed by atoms with Gasteiger partial charge in [0.1, 0.15) is 5.82 Å². The molecule has 26 heavy (non-hydrogen) atoms. The van der Waals surface area contributed by atoms with Crippen molar-refractivity contribution in [1.29, 1.82) is 0 Å². The van der Waals surface area contributed by atoms with E-state index in [9.17, 15) is 4.79 Å². The second-order valence-corrected chi connectivity index (χ2v) is 7.84. The number of aryl methyl sites for hydroxylation is 1. The zero-order valence-corrected chi connectivity index (χ0v) is 16.5. The van der Waals surface area contributed by atoms with E-state index in [2.05, 4.69) is 26.7 Å². The summed E-state index contributed by atoms with van der Waals surface area (Å²) in [5.74, 6) is 1.31. The lowest BCUT2D eigenvalue weighted by atomic mass is 9.93. The molecule has 2 unspecified atom stereocenters. The number of rotatable bonds is 5. The highest BCUT2D eigenvalue weighted by Crippen LogP contribution is 2.56. The van der Waals surface area contributed by atoms with Gasteiger partial charge in [0.15, 0.2) is 0 Å². The zero-order valence-electron chi connectivity index (χ0n) is 15.7. The molecule has 1 amide bonds. The number of nitrogens with one attached hydrogen (secondary N) is 1. The van der Waals surface area contributed by atoms with E-state index in [-0.39, 0.29) is 24.2 Å². The molecule has 2 saturated heterocycles. The Morgan fingerprint density at radius 2 is 2.27 bits per heavy atom. The average molecular weight is 383 g/mol. The highest BCUT2D eigenvalue weighted by molar-refractivity contribution is 5.85. The molecule has 2 aliphatic heterocycles. The molecule has 1 spiro atoms. The van der Waals surface area contributed by atoms with E-state index in [0.717, 1.165) is 51.3 Å². The highest BCUT2D eigenvalue weighted by Gasteiger charge is 2.58. The fraction of sp³-hybridized carbons (Fsp3) is 0.789. The van der Waals surface area contributed by atoms with Crippen molar-refractivity contribution in [3.63, 3.8) is 0 Å². The molecule has 0 bridgehead atoms. The van der Waals surface area contributed by atoms with Crippen LogP contribution in [-0.2, 0) is 22.6 Å². The average Bonchev–Trinajstić information content (AvgIpc) is 3.14. The predicted molar refractivity (Wildman–Crippen MR) is 102 cm³/mol. The number of halogens is 1. The van der Waals surface area contributed by atoms with Gasteiger partial charge in [-0.05, 0) is 57.5 Å². The van der Waals surface area contributed by atoms with E-state index in [4.69, 9.17) is 4.74 Å². The summed E-state index contributed by atoms with van der Waals surface area (Å²) in [6, 6.07) is 0.381. The second kappa shape index (κ2) is 8.28. The van der Waals surface area contributed by atoms with Crippen LogP contribution in [0.3, 0.4) is 0 Å². The first-order valence-corrected chi connectivity index (χ1v) is 9.82. The number of nitrogens with zero attached hydrogens (tertiary/aromatic N) is 3. The van der Waals surface area contributed by atoms with Gasteiger partial charge >= 0.3 is 0 Å². The van der Waals surface area contributed by atoms with Crippen molar-refractivity contribution in [3.05, 3.63) is 18.2 Å². The monoisotopic (exact) mass is 382 g/mol. The van der Waals surface area contributed by atoms with Crippen molar-refractivity contribution in [3.8, 4) is 0 Å². The maximum Gasteiger partial charge on any atom is 0.228 e. The molecule has 1 saturated carbocycles. The lowest BCUT2D eigenvalue weighted by molar-refractivity contribution is -0.141. The standard InChI is InChI=1S/C19H30N4O2.ClH/c1-2-22-10-9-21-17(22)13-23(18(24)15-4-3-11-25-14-15)16-12-19(16)5-7-20-8-6-19;/h9-10,15-16,20H,2-8,11-14H2,1H3;1H. The van der Waals surface area contributed by atoms with Crippen molar-refractivity contribution in [2.45, 2.75) is 58.2 Å². The van der Waals surface area contributed by atoms with Crippen LogP contribution in [0.15, 0.2) is 12.4 Å². The Hall–Kier alpha value is -1.11. The minimum atomic E-state index is 0. The van der Waals surface area contributed by atoms with Crippen LogP contribution in [0.4, 0.5) is 0 Å². The molecule has 7 heteroatoms. The van der Waals surface area contributed by atoms with Crippen molar-refractivity contribution < 1.29 is 9.53 Å². The summed E-state index contributed by atoms with van der Waals surface area (Å²) in [6.45, 7) is 7.18. The molecule has 3 fully saturated rings.